The molecule has 4 heteroatoms. The van der Waals surface area contributed by atoms with Gasteiger partial charge in [-0.1, -0.05) is 78.9 Å². The minimum absolute atomic E-state index is 0.198. The third kappa shape index (κ3) is 3.89. The molecule has 3 N–H and O–H groups in total. The van der Waals surface area contributed by atoms with Gasteiger partial charge in [0.25, 0.3) is 0 Å². The Morgan fingerprint density at radius 3 is 2.16 bits per heavy atom. The van der Waals surface area contributed by atoms with E-state index in [1.165, 1.54) is 27.8 Å². The van der Waals surface area contributed by atoms with Crippen molar-refractivity contribution < 1.29 is 4.79 Å². The normalized spacial score (nSPS) is 20.3. The highest BCUT2D eigenvalue weighted by molar-refractivity contribution is 5.86. The van der Waals surface area contributed by atoms with E-state index in [4.69, 9.17) is 5.73 Å². The molecule has 3 aromatic carbocycles. The average Bonchev–Trinajstić information content (AvgIpc) is 3.22. The van der Waals surface area contributed by atoms with Crippen LogP contribution in [0.1, 0.15) is 16.7 Å². The number of piperazine rings is 1. The highest BCUT2D eigenvalue weighted by Gasteiger charge is 2.48. The zero-order chi connectivity index (χ0) is 21.3. The van der Waals surface area contributed by atoms with Crippen molar-refractivity contribution in [1.29, 1.82) is 0 Å². The van der Waals surface area contributed by atoms with Gasteiger partial charge >= 0.3 is 0 Å². The van der Waals surface area contributed by atoms with Crippen LogP contribution in [0.25, 0.3) is 11.1 Å². The zero-order valence-corrected chi connectivity index (χ0v) is 17.8. The van der Waals surface area contributed by atoms with Crippen molar-refractivity contribution >= 4 is 5.91 Å². The highest BCUT2D eigenvalue weighted by atomic mass is 16.1. The molecule has 1 amide bonds. The van der Waals surface area contributed by atoms with Crippen molar-refractivity contribution in [3.05, 3.63) is 95.6 Å². The molecule has 2 aliphatic rings. The van der Waals surface area contributed by atoms with Gasteiger partial charge in [0.05, 0.1) is 0 Å². The van der Waals surface area contributed by atoms with E-state index in [0.29, 0.717) is 6.04 Å². The first-order chi connectivity index (χ1) is 15.1. The lowest BCUT2D eigenvalue weighted by Crippen LogP contribution is -2.65. The Balaban J connectivity index is 1.30. The van der Waals surface area contributed by atoms with Gasteiger partial charge in [-0.2, -0.15) is 0 Å². The summed E-state index contributed by atoms with van der Waals surface area (Å²) in [6.07, 6.45) is 2.38. The van der Waals surface area contributed by atoms with Crippen molar-refractivity contribution in [3.8, 4) is 11.1 Å². The summed E-state index contributed by atoms with van der Waals surface area (Å²) in [5.74, 6) is -0.198. The van der Waals surface area contributed by atoms with Gasteiger partial charge in [-0.15, -0.1) is 0 Å². The Morgan fingerprint density at radius 2 is 1.52 bits per heavy atom. The molecule has 158 valence electrons. The van der Waals surface area contributed by atoms with Crippen LogP contribution in [0, 0.1) is 0 Å². The quantitative estimate of drug-likeness (QED) is 0.678. The molecule has 1 aliphatic heterocycles. The summed E-state index contributed by atoms with van der Waals surface area (Å²) in [6.45, 7) is 2.55. The molecule has 1 aliphatic carbocycles. The maximum Gasteiger partial charge on any atom is 0.238 e. The summed E-state index contributed by atoms with van der Waals surface area (Å²) in [4.78, 5) is 15.0. The third-order valence-electron chi connectivity index (χ3n) is 6.95. The van der Waals surface area contributed by atoms with Gasteiger partial charge in [0, 0.05) is 38.5 Å². The van der Waals surface area contributed by atoms with Crippen molar-refractivity contribution in [2.75, 3.05) is 19.6 Å². The Morgan fingerprint density at radius 1 is 0.903 bits per heavy atom. The van der Waals surface area contributed by atoms with E-state index in [9.17, 15) is 4.79 Å². The smallest absolute Gasteiger partial charge is 0.238 e. The summed E-state index contributed by atoms with van der Waals surface area (Å²) < 4.78 is 0. The van der Waals surface area contributed by atoms with Crippen LogP contribution in [0.2, 0.25) is 0 Å². The van der Waals surface area contributed by atoms with Crippen LogP contribution >= 0.6 is 0 Å². The Kier molecular flexibility index (Phi) is 5.34. The molecule has 1 heterocycles. The first-order valence-electron chi connectivity index (χ1n) is 11.1. The van der Waals surface area contributed by atoms with Gasteiger partial charge in [-0.25, -0.2) is 0 Å². The minimum Gasteiger partial charge on any atom is -0.368 e. The SMILES string of the molecule is NC(=O)C1(N2CCNC(Cc3ccc(-c4ccccc4)cc3)C2)Cc2ccccc2C1. The number of nitrogens with two attached hydrogens (primary N) is 1. The van der Waals surface area contributed by atoms with Crippen LogP contribution in [0.15, 0.2) is 78.9 Å². The third-order valence-corrected chi connectivity index (χ3v) is 6.95. The Bertz CT molecular complexity index is 1040. The molecule has 0 bridgehead atoms. The van der Waals surface area contributed by atoms with Crippen LogP contribution in [0.3, 0.4) is 0 Å². The number of amides is 1. The second kappa shape index (κ2) is 8.29. The molecule has 1 fully saturated rings. The van der Waals surface area contributed by atoms with Gasteiger partial charge in [0.1, 0.15) is 5.54 Å². The Hall–Kier alpha value is -2.95. The van der Waals surface area contributed by atoms with Crippen LogP contribution in [0.5, 0.6) is 0 Å². The predicted molar refractivity (Wildman–Crippen MR) is 125 cm³/mol. The molecular formula is C27H29N3O. The Labute approximate surface area is 184 Å². The lowest BCUT2D eigenvalue weighted by Gasteiger charge is -2.44. The monoisotopic (exact) mass is 411 g/mol. The number of hydrogen-bond acceptors (Lipinski definition) is 3. The molecule has 4 nitrogen and oxygen atoms in total. The predicted octanol–water partition coefficient (Wildman–Crippen LogP) is 3.19. The lowest BCUT2D eigenvalue weighted by atomic mass is 9.90. The maximum absolute atomic E-state index is 12.7. The fourth-order valence-corrected chi connectivity index (χ4v) is 5.25. The zero-order valence-electron chi connectivity index (χ0n) is 17.8. The number of carbonyl (C=O) groups excluding carboxylic acids is 1. The summed E-state index contributed by atoms with van der Waals surface area (Å²) in [5.41, 5.74) is 11.7. The number of nitrogens with zero attached hydrogens (tertiary/aromatic N) is 1. The molecule has 0 spiro atoms. The number of benzene rings is 3. The molecule has 0 aromatic heterocycles. The molecule has 1 atom stereocenters. The van der Waals surface area contributed by atoms with Gasteiger partial charge in [0.15, 0.2) is 0 Å². The van der Waals surface area contributed by atoms with Crippen LogP contribution < -0.4 is 11.1 Å². The molecule has 1 unspecified atom stereocenters. The van der Waals surface area contributed by atoms with Crippen molar-refractivity contribution in [1.82, 2.24) is 10.2 Å². The number of carbonyl (C=O) groups is 1. The summed E-state index contributed by atoms with van der Waals surface area (Å²) in [6, 6.07) is 28.0. The fourth-order valence-electron chi connectivity index (χ4n) is 5.25. The van der Waals surface area contributed by atoms with Crippen LogP contribution in [-0.2, 0) is 24.1 Å². The molecule has 0 radical (unpaired) electrons. The van der Waals surface area contributed by atoms with E-state index in [-0.39, 0.29) is 5.91 Å². The number of rotatable bonds is 5. The van der Waals surface area contributed by atoms with Crippen molar-refractivity contribution in [3.63, 3.8) is 0 Å². The van der Waals surface area contributed by atoms with Crippen LogP contribution in [0.4, 0.5) is 0 Å². The standard InChI is InChI=1S/C27H29N3O/c28-26(31)27(17-23-8-4-5-9-24(23)18-27)30-15-14-29-25(19-30)16-20-10-12-22(13-11-20)21-6-2-1-3-7-21/h1-13,25,29H,14-19H2,(H2,28,31). The average molecular weight is 412 g/mol. The second-order valence-electron chi connectivity index (χ2n) is 8.88. The van der Waals surface area contributed by atoms with E-state index >= 15 is 0 Å². The largest absolute Gasteiger partial charge is 0.368 e. The molecule has 1 saturated heterocycles. The summed E-state index contributed by atoms with van der Waals surface area (Å²) in [5, 5.41) is 3.65. The lowest BCUT2D eigenvalue weighted by molar-refractivity contribution is -0.130. The van der Waals surface area contributed by atoms with Crippen molar-refractivity contribution in [2.45, 2.75) is 30.8 Å². The fraction of sp³-hybridized carbons (Fsp3) is 0.296. The summed E-state index contributed by atoms with van der Waals surface area (Å²) >= 11 is 0. The number of nitrogens with one attached hydrogen (secondary N) is 1. The van der Waals surface area contributed by atoms with Crippen LogP contribution in [-0.4, -0.2) is 42.0 Å². The van der Waals surface area contributed by atoms with E-state index in [0.717, 1.165) is 38.9 Å². The van der Waals surface area contributed by atoms with Gasteiger partial charge in [-0.05, 0) is 34.2 Å². The number of fused-ring (bicyclic) bond motifs is 1. The summed E-state index contributed by atoms with van der Waals surface area (Å²) in [7, 11) is 0. The first kappa shape index (κ1) is 20.0. The minimum atomic E-state index is -0.596. The maximum atomic E-state index is 12.7. The molecule has 31 heavy (non-hydrogen) atoms. The number of hydrogen-bond donors (Lipinski definition) is 2. The molecule has 0 saturated carbocycles. The topological polar surface area (TPSA) is 58.4 Å². The molecule has 3 aromatic rings. The second-order valence-corrected chi connectivity index (χ2v) is 8.88. The van der Waals surface area contributed by atoms with E-state index < -0.39 is 5.54 Å². The van der Waals surface area contributed by atoms with Crippen molar-refractivity contribution in [2.24, 2.45) is 5.73 Å². The van der Waals surface area contributed by atoms with Gasteiger partial charge in [-0.3, -0.25) is 9.69 Å². The number of primary amides is 1. The molecule has 5 rings (SSSR count). The van der Waals surface area contributed by atoms with E-state index in [1.54, 1.807) is 0 Å². The first-order valence-corrected chi connectivity index (χ1v) is 11.1. The van der Waals surface area contributed by atoms with E-state index in [1.807, 2.05) is 6.07 Å². The highest BCUT2D eigenvalue weighted by Crippen LogP contribution is 2.35. The van der Waals surface area contributed by atoms with Gasteiger partial charge < -0.3 is 11.1 Å². The van der Waals surface area contributed by atoms with Gasteiger partial charge in [0.2, 0.25) is 5.91 Å². The molecular weight excluding hydrogens is 382 g/mol. The van der Waals surface area contributed by atoms with E-state index in [2.05, 4.69) is 83.0 Å².